The minimum Gasteiger partial charge on any atom is -0.356 e. The van der Waals surface area contributed by atoms with Gasteiger partial charge in [-0.15, -0.1) is 0 Å². The zero-order chi connectivity index (χ0) is 13.5. The minimum absolute atomic E-state index is 0.00610. The van der Waals surface area contributed by atoms with E-state index < -0.39 is 0 Å². The molecule has 0 spiro atoms. The molecule has 4 heteroatoms. The molecule has 19 heavy (non-hydrogen) atoms. The number of rotatable bonds is 6. The Bertz CT molecular complexity index is 496. The molecule has 0 radical (unpaired) electrons. The number of nitrogens with two attached hydrogens (primary N) is 1. The molecule has 1 atom stereocenters. The standard InChI is InChI=1S/C15H18N2OS/c16-14(13-4-2-1-3-5-13)10-15(18)17-8-6-12-7-9-19-11-12/h1-5,7,9,11,14H,6,8,10,16H2,(H,17,18). The molecule has 1 aromatic carbocycles. The normalized spacial score (nSPS) is 12.1. The second-order valence-electron chi connectivity index (χ2n) is 4.45. The summed E-state index contributed by atoms with van der Waals surface area (Å²) in [6.45, 7) is 0.664. The fraction of sp³-hybridized carbons (Fsp3) is 0.267. The topological polar surface area (TPSA) is 55.1 Å². The average molecular weight is 274 g/mol. The van der Waals surface area contributed by atoms with Crippen LogP contribution in [-0.4, -0.2) is 12.5 Å². The predicted octanol–water partition coefficient (Wildman–Crippen LogP) is 2.50. The third-order valence-corrected chi connectivity index (χ3v) is 3.68. The van der Waals surface area contributed by atoms with Crippen LogP contribution in [0.15, 0.2) is 47.2 Å². The molecular weight excluding hydrogens is 256 g/mol. The average Bonchev–Trinajstić information content (AvgIpc) is 2.93. The van der Waals surface area contributed by atoms with Crippen molar-refractivity contribution in [3.05, 3.63) is 58.3 Å². The van der Waals surface area contributed by atoms with Gasteiger partial charge in [-0.1, -0.05) is 30.3 Å². The quantitative estimate of drug-likeness (QED) is 0.850. The second kappa shape index (κ2) is 7.07. The summed E-state index contributed by atoms with van der Waals surface area (Å²) in [4.78, 5) is 11.8. The highest BCUT2D eigenvalue weighted by molar-refractivity contribution is 7.07. The van der Waals surface area contributed by atoms with Crippen molar-refractivity contribution < 1.29 is 4.79 Å². The number of thiophene rings is 1. The van der Waals surface area contributed by atoms with Crippen molar-refractivity contribution in [2.24, 2.45) is 5.73 Å². The Balaban J connectivity index is 1.72. The number of carbonyl (C=O) groups is 1. The first-order chi connectivity index (χ1) is 9.25. The Labute approximate surface area is 117 Å². The molecule has 0 aliphatic carbocycles. The maximum Gasteiger partial charge on any atom is 0.221 e. The summed E-state index contributed by atoms with van der Waals surface area (Å²) in [6.07, 6.45) is 1.20. The maximum atomic E-state index is 11.8. The lowest BCUT2D eigenvalue weighted by atomic mass is 10.0. The summed E-state index contributed by atoms with van der Waals surface area (Å²) in [6, 6.07) is 11.5. The molecule has 1 amide bonds. The first kappa shape index (κ1) is 13.8. The zero-order valence-electron chi connectivity index (χ0n) is 10.7. The molecule has 0 fully saturated rings. The van der Waals surface area contributed by atoms with E-state index in [0.29, 0.717) is 13.0 Å². The van der Waals surface area contributed by atoms with Crippen LogP contribution in [0.25, 0.3) is 0 Å². The molecule has 3 nitrogen and oxygen atoms in total. The lowest BCUT2D eigenvalue weighted by Gasteiger charge is -2.11. The van der Waals surface area contributed by atoms with E-state index >= 15 is 0 Å². The lowest BCUT2D eigenvalue weighted by molar-refractivity contribution is -0.121. The molecule has 1 heterocycles. The van der Waals surface area contributed by atoms with Crippen molar-refractivity contribution in [2.45, 2.75) is 18.9 Å². The Hall–Kier alpha value is -1.65. The highest BCUT2D eigenvalue weighted by Gasteiger charge is 2.10. The summed E-state index contributed by atoms with van der Waals surface area (Å²) in [5.74, 6) is 0.00610. The van der Waals surface area contributed by atoms with Crippen molar-refractivity contribution in [1.29, 1.82) is 0 Å². The molecule has 0 bridgehead atoms. The molecule has 100 valence electrons. The largest absolute Gasteiger partial charge is 0.356 e. The van der Waals surface area contributed by atoms with Gasteiger partial charge >= 0.3 is 0 Å². The summed E-state index contributed by atoms with van der Waals surface area (Å²) >= 11 is 1.67. The number of amides is 1. The van der Waals surface area contributed by atoms with Crippen molar-refractivity contribution in [3.63, 3.8) is 0 Å². The van der Waals surface area contributed by atoms with Crippen LogP contribution in [0.5, 0.6) is 0 Å². The fourth-order valence-corrected chi connectivity index (χ4v) is 2.57. The summed E-state index contributed by atoms with van der Waals surface area (Å²) < 4.78 is 0. The second-order valence-corrected chi connectivity index (χ2v) is 5.23. The van der Waals surface area contributed by atoms with E-state index in [-0.39, 0.29) is 11.9 Å². The Morgan fingerprint density at radius 2 is 2.05 bits per heavy atom. The molecular formula is C15H18N2OS. The van der Waals surface area contributed by atoms with Gasteiger partial charge in [-0.25, -0.2) is 0 Å². The van der Waals surface area contributed by atoms with Crippen LogP contribution in [0, 0.1) is 0 Å². The fourth-order valence-electron chi connectivity index (χ4n) is 1.87. The minimum atomic E-state index is -0.234. The number of hydrogen-bond acceptors (Lipinski definition) is 3. The molecule has 2 aromatic rings. The van der Waals surface area contributed by atoms with E-state index in [9.17, 15) is 4.79 Å². The third kappa shape index (κ3) is 4.50. The Morgan fingerprint density at radius 1 is 1.26 bits per heavy atom. The smallest absolute Gasteiger partial charge is 0.221 e. The predicted molar refractivity (Wildman–Crippen MR) is 79.0 cm³/mol. The third-order valence-electron chi connectivity index (χ3n) is 2.95. The molecule has 0 saturated heterocycles. The number of benzene rings is 1. The van der Waals surface area contributed by atoms with Gasteiger partial charge in [0.2, 0.25) is 5.91 Å². The van der Waals surface area contributed by atoms with Gasteiger partial charge in [0.15, 0.2) is 0 Å². The summed E-state index contributed by atoms with van der Waals surface area (Å²) in [7, 11) is 0. The van der Waals surface area contributed by atoms with Crippen LogP contribution in [0.2, 0.25) is 0 Å². The van der Waals surface area contributed by atoms with E-state index in [1.54, 1.807) is 11.3 Å². The summed E-state index contributed by atoms with van der Waals surface area (Å²) in [5.41, 5.74) is 8.26. The van der Waals surface area contributed by atoms with Crippen LogP contribution in [0.1, 0.15) is 23.6 Å². The number of carbonyl (C=O) groups excluding carboxylic acids is 1. The van der Waals surface area contributed by atoms with Crippen molar-refractivity contribution in [3.8, 4) is 0 Å². The molecule has 1 aromatic heterocycles. The van der Waals surface area contributed by atoms with Gasteiger partial charge in [-0.2, -0.15) is 11.3 Å². The van der Waals surface area contributed by atoms with Crippen molar-refractivity contribution >= 4 is 17.2 Å². The van der Waals surface area contributed by atoms with Gasteiger partial charge in [0, 0.05) is 19.0 Å². The van der Waals surface area contributed by atoms with Crippen molar-refractivity contribution in [1.82, 2.24) is 5.32 Å². The van der Waals surface area contributed by atoms with Crippen molar-refractivity contribution in [2.75, 3.05) is 6.54 Å². The van der Waals surface area contributed by atoms with Gasteiger partial charge in [-0.05, 0) is 34.4 Å². The van der Waals surface area contributed by atoms with Gasteiger partial charge < -0.3 is 11.1 Å². The monoisotopic (exact) mass is 274 g/mol. The number of hydrogen-bond donors (Lipinski definition) is 2. The van der Waals surface area contributed by atoms with E-state index in [1.165, 1.54) is 5.56 Å². The van der Waals surface area contributed by atoms with Gasteiger partial charge in [0.1, 0.15) is 0 Å². The van der Waals surface area contributed by atoms with Gasteiger partial charge in [-0.3, -0.25) is 4.79 Å². The first-order valence-corrected chi connectivity index (χ1v) is 7.28. The molecule has 0 aliphatic rings. The molecule has 3 N–H and O–H groups in total. The SMILES string of the molecule is NC(CC(=O)NCCc1ccsc1)c1ccccc1. The van der Waals surface area contributed by atoms with Gasteiger partial charge in [0.05, 0.1) is 0 Å². The number of nitrogens with one attached hydrogen (secondary N) is 1. The summed E-state index contributed by atoms with van der Waals surface area (Å²) in [5, 5.41) is 7.05. The van der Waals surface area contributed by atoms with Crippen LogP contribution >= 0.6 is 11.3 Å². The van der Waals surface area contributed by atoms with E-state index in [0.717, 1.165) is 12.0 Å². The van der Waals surface area contributed by atoms with Gasteiger partial charge in [0.25, 0.3) is 0 Å². The highest BCUT2D eigenvalue weighted by Crippen LogP contribution is 2.12. The molecule has 1 unspecified atom stereocenters. The molecule has 0 saturated carbocycles. The Morgan fingerprint density at radius 3 is 2.74 bits per heavy atom. The van der Waals surface area contributed by atoms with E-state index in [2.05, 4.69) is 16.8 Å². The lowest BCUT2D eigenvalue weighted by Crippen LogP contribution is -2.29. The van der Waals surface area contributed by atoms with Crippen LogP contribution in [0.3, 0.4) is 0 Å². The highest BCUT2D eigenvalue weighted by atomic mass is 32.1. The van der Waals surface area contributed by atoms with Crippen LogP contribution in [-0.2, 0) is 11.2 Å². The zero-order valence-corrected chi connectivity index (χ0v) is 11.5. The van der Waals surface area contributed by atoms with E-state index in [4.69, 9.17) is 5.73 Å². The van der Waals surface area contributed by atoms with Crippen LogP contribution < -0.4 is 11.1 Å². The Kier molecular flexibility index (Phi) is 5.12. The van der Waals surface area contributed by atoms with Crippen LogP contribution in [0.4, 0.5) is 0 Å². The molecule has 2 rings (SSSR count). The van der Waals surface area contributed by atoms with E-state index in [1.807, 2.05) is 35.7 Å². The molecule has 0 aliphatic heterocycles. The first-order valence-electron chi connectivity index (χ1n) is 6.34. The maximum absolute atomic E-state index is 11.8.